The quantitative estimate of drug-likeness (QED) is 0.686. The van der Waals surface area contributed by atoms with Crippen LogP contribution < -0.4 is 11.1 Å². The molecule has 0 aliphatic carbocycles. The summed E-state index contributed by atoms with van der Waals surface area (Å²) >= 11 is 0. The molecular formula is C11H20N2O3. The Kier molecular flexibility index (Phi) is 4.15. The summed E-state index contributed by atoms with van der Waals surface area (Å²) in [5.41, 5.74) is 5.71. The summed E-state index contributed by atoms with van der Waals surface area (Å²) in [6.07, 6.45) is 3.10. The SMILES string of the molecule is N[C@@H]1CC[C@@H](C(=O)NC2CCOCC2)OC1. The van der Waals surface area contributed by atoms with Crippen molar-refractivity contribution in [2.75, 3.05) is 19.8 Å². The highest BCUT2D eigenvalue weighted by atomic mass is 16.5. The lowest BCUT2D eigenvalue weighted by Crippen LogP contribution is -2.48. The lowest BCUT2D eigenvalue weighted by molar-refractivity contribution is -0.137. The highest BCUT2D eigenvalue weighted by Gasteiger charge is 2.27. The van der Waals surface area contributed by atoms with E-state index in [-0.39, 0.29) is 24.1 Å². The molecule has 2 rings (SSSR count). The third-order valence-corrected chi connectivity index (χ3v) is 3.17. The van der Waals surface area contributed by atoms with Gasteiger partial charge in [-0.1, -0.05) is 0 Å². The average molecular weight is 228 g/mol. The number of carbonyl (C=O) groups is 1. The van der Waals surface area contributed by atoms with Gasteiger partial charge in [-0.3, -0.25) is 4.79 Å². The molecule has 0 unspecified atom stereocenters. The van der Waals surface area contributed by atoms with Crippen molar-refractivity contribution in [3.63, 3.8) is 0 Å². The van der Waals surface area contributed by atoms with Gasteiger partial charge in [-0.15, -0.1) is 0 Å². The lowest BCUT2D eigenvalue weighted by Gasteiger charge is -2.29. The molecule has 2 aliphatic rings. The Morgan fingerprint density at radius 1 is 1.19 bits per heavy atom. The van der Waals surface area contributed by atoms with E-state index in [4.69, 9.17) is 15.2 Å². The average Bonchev–Trinajstić information content (AvgIpc) is 2.31. The van der Waals surface area contributed by atoms with Crippen LogP contribution in [-0.4, -0.2) is 43.9 Å². The second-order valence-electron chi connectivity index (χ2n) is 4.55. The smallest absolute Gasteiger partial charge is 0.249 e. The van der Waals surface area contributed by atoms with Crippen molar-refractivity contribution in [1.82, 2.24) is 5.32 Å². The predicted octanol–water partition coefficient (Wildman–Crippen LogP) is -0.212. The zero-order valence-corrected chi connectivity index (χ0v) is 9.48. The predicted molar refractivity (Wildman–Crippen MR) is 58.9 cm³/mol. The van der Waals surface area contributed by atoms with Crippen LogP contribution in [0.15, 0.2) is 0 Å². The molecule has 3 N–H and O–H groups in total. The van der Waals surface area contributed by atoms with Gasteiger partial charge in [0.25, 0.3) is 0 Å². The van der Waals surface area contributed by atoms with E-state index in [1.165, 1.54) is 0 Å². The second kappa shape index (κ2) is 5.61. The van der Waals surface area contributed by atoms with Crippen LogP contribution in [-0.2, 0) is 14.3 Å². The summed E-state index contributed by atoms with van der Waals surface area (Å²) in [7, 11) is 0. The number of ether oxygens (including phenoxy) is 2. The third kappa shape index (κ3) is 3.17. The molecule has 0 bridgehead atoms. The van der Waals surface area contributed by atoms with Crippen molar-refractivity contribution in [1.29, 1.82) is 0 Å². The minimum Gasteiger partial charge on any atom is -0.381 e. The van der Waals surface area contributed by atoms with E-state index < -0.39 is 0 Å². The molecular weight excluding hydrogens is 208 g/mol. The maximum atomic E-state index is 11.9. The molecule has 0 aromatic carbocycles. The molecule has 2 heterocycles. The first kappa shape index (κ1) is 11.8. The van der Waals surface area contributed by atoms with Crippen molar-refractivity contribution in [3.8, 4) is 0 Å². The minimum absolute atomic E-state index is 0.0128. The van der Waals surface area contributed by atoms with Gasteiger partial charge in [-0.05, 0) is 25.7 Å². The third-order valence-electron chi connectivity index (χ3n) is 3.17. The summed E-state index contributed by atoms with van der Waals surface area (Å²) < 4.78 is 10.7. The van der Waals surface area contributed by atoms with Crippen LogP contribution in [0.25, 0.3) is 0 Å². The standard InChI is InChI=1S/C11H20N2O3/c12-8-1-2-10(16-7-8)11(14)13-9-3-5-15-6-4-9/h8-10H,1-7,12H2,(H,13,14)/t8-,10+/m1/s1. The van der Waals surface area contributed by atoms with Gasteiger partial charge in [0.2, 0.25) is 5.91 Å². The van der Waals surface area contributed by atoms with Gasteiger partial charge in [0.15, 0.2) is 0 Å². The maximum Gasteiger partial charge on any atom is 0.249 e. The topological polar surface area (TPSA) is 73.6 Å². The van der Waals surface area contributed by atoms with Crippen LogP contribution in [0.2, 0.25) is 0 Å². The molecule has 5 nitrogen and oxygen atoms in total. The normalized spacial score (nSPS) is 32.3. The molecule has 0 aromatic rings. The first-order valence-electron chi connectivity index (χ1n) is 6.01. The summed E-state index contributed by atoms with van der Waals surface area (Å²) in [4.78, 5) is 11.9. The Balaban J connectivity index is 1.74. The Morgan fingerprint density at radius 2 is 1.94 bits per heavy atom. The monoisotopic (exact) mass is 228 g/mol. The van der Waals surface area contributed by atoms with Gasteiger partial charge in [-0.2, -0.15) is 0 Å². The molecule has 2 atom stereocenters. The van der Waals surface area contributed by atoms with Crippen LogP contribution in [0.3, 0.4) is 0 Å². The van der Waals surface area contributed by atoms with E-state index in [9.17, 15) is 4.79 Å². The molecule has 0 aromatic heterocycles. The molecule has 2 aliphatic heterocycles. The minimum atomic E-state index is -0.303. The molecule has 2 saturated heterocycles. The van der Waals surface area contributed by atoms with Gasteiger partial charge < -0.3 is 20.5 Å². The van der Waals surface area contributed by atoms with Crippen molar-refractivity contribution in [3.05, 3.63) is 0 Å². The van der Waals surface area contributed by atoms with Crippen LogP contribution in [0.5, 0.6) is 0 Å². The van der Waals surface area contributed by atoms with Gasteiger partial charge >= 0.3 is 0 Å². The number of nitrogens with one attached hydrogen (secondary N) is 1. The number of hydrogen-bond acceptors (Lipinski definition) is 4. The van der Waals surface area contributed by atoms with E-state index in [2.05, 4.69) is 5.32 Å². The van der Waals surface area contributed by atoms with E-state index in [1.54, 1.807) is 0 Å². The molecule has 2 fully saturated rings. The molecule has 5 heteroatoms. The van der Waals surface area contributed by atoms with Crippen molar-refractivity contribution < 1.29 is 14.3 Å². The molecule has 0 spiro atoms. The lowest BCUT2D eigenvalue weighted by atomic mass is 10.0. The largest absolute Gasteiger partial charge is 0.381 e. The summed E-state index contributed by atoms with van der Waals surface area (Å²) in [5.74, 6) is 0.0128. The van der Waals surface area contributed by atoms with E-state index >= 15 is 0 Å². The van der Waals surface area contributed by atoms with Crippen molar-refractivity contribution in [2.45, 2.75) is 43.9 Å². The van der Waals surface area contributed by atoms with Gasteiger partial charge in [-0.25, -0.2) is 0 Å². The maximum absolute atomic E-state index is 11.9. The van der Waals surface area contributed by atoms with Crippen LogP contribution in [0.1, 0.15) is 25.7 Å². The number of rotatable bonds is 2. The summed E-state index contributed by atoms with van der Waals surface area (Å²) in [6, 6.07) is 0.340. The molecule has 0 radical (unpaired) electrons. The fraction of sp³-hybridized carbons (Fsp3) is 0.909. The number of nitrogens with two attached hydrogens (primary N) is 1. The van der Waals surface area contributed by atoms with Crippen molar-refractivity contribution >= 4 is 5.91 Å². The molecule has 1 amide bonds. The Morgan fingerprint density at radius 3 is 2.56 bits per heavy atom. The fourth-order valence-electron chi connectivity index (χ4n) is 2.11. The van der Waals surface area contributed by atoms with Gasteiger partial charge in [0.05, 0.1) is 6.61 Å². The van der Waals surface area contributed by atoms with Crippen LogP contribution >= 0.6 is 0 Å². The highest BCUT2D eigenvalue weighted by Crippen LogP contribution is 2.13. The van der Waals surface area contributed by atoms with Crippen molar-refractivity contribution in [2.24, 2.45) is 5.73 Å². The van der Waals surface area contributed by atoms with E-state index in [0.717, 1.165) is 38.9 Å². The van der Waals surface area contributed by atoms with Crippen LogP contribution in [0.4, 0.5) is 0 Å². The second-order valence-corrected chi connectivity index (χ2v) is 4.55. The first-order chi connectivity index (χ1) is 7.75. The number of amides is 1. The van der Waals surface area contributed by atoms with Gasteiger partial charge in [0.1, 0.15) is 6.10 Å². The zero-order chi connectivity index (χ0) is 11.4. The fourth-order valence-corrected chi connectivity index (χ4v) is 2.11. The van der Waals surface area contributed by atoms with Gasteiger partial charge in [0, 0.05) is 25.3 Å². The molecule has 16 heavy (non-hydrogen) atoms. The Bertz CT molecular complexity index is 233. The molecule has 92 valence electrons. The first-order valence-corrected chi connectivity index (χ1v) is 6.01. The van der Waals surface area contributed by atoms with E-state index in [1.807, 2.05) is 0 Å². The zero-order valence-electron chi connectivity index (χ0n) is 9.48. The highest BCUT2D eigenvalue weighted by molar-refractivity contribution is 5.81. The summed E-state index contributed by atoms with van der Waals surface area (Å²) in [5, 5.41) is 3.02. The summed E-state index contributed by atoms with van der Waals surface area (Å²) in [6.45, 7) is 1.97. The van der Waals surface area contributed by atoms with E-state index in [0.29, 0.717) is 6.61 Å². The Labute approximate surface area is 95.7 Å². The Hall–Kier alpha value is -0.650. The van der Waals surface area contributed by atoms with Crippen LogP contribution in [0, 0.1) is 0 Å². The number of carbonyl (C=O) groups excluding carboxylic acids is 1. The molecule has 0 saturated carbocycles. The number of hydrogen-bond donors (Lipinski definition) is 2.